The predicted octanol–water partition coefficient (Wildman–Crippen LogP) is 4.05. The Morgan fingerprint density at radius 1 is 1.17 bits per heavy atom. The van der Waals surface area contributed by atoms with Gasteiger partial charge in [-0.05, 0) is 35.9 Å². The van der Waals surface area contributed by atoms with Gasteiger partial charge in [-0.3, -0.25) is 9.78 Å². The smallest absolute Gasteiger partial charge is 0.365 e. The maximum absolute atomic E-state index is 13.6. The number of benzene rings is 1. The molecule has 2 aromatic heterocycles. The third kappa shape index (κ3) is 4.55. The maximum atomic E-state index is 13.6. The van der Waals surface area contributed by atoms with Crippen molar-refractivity contribution >= 4 is 5.91 Å². The average molecular weight is 414 g/mol. The summed E-state index contributed by atoms with van der Waals surface area (Å²) >= 11 is 0. The number of halogens is 6. The third-order valence-electron chi connectivity index (χ3n) is 3.95. The van der Waals surface area contributed by atoms with Crippen LogP contribution in [0.1, 0.15) is 39.3 Å². The van der Waals surface area contributed by atoms with Gasteiger partial charge in [0.05, 0.1) is 16.8 Å². The summed E-state index contributed by atoms with van der Waals surface area (Å²) in [7, 11) is 0. The van der Waals surface area contributed by atoms with Gasteiger partial charge in [0.1, 0.15) is 11.5 Å². The summed E-state index contributed by atoms with van der Waals surface area (Å²) < 4.78 is 79.2. The van der Waals surface area contributed by atoms with Crippen LogP contribution in [0.3, 0.4) is 0 Å². The van der Waals surface area contributed by atoms with Crippen LogP contribution in [0.5, 0.6) is 0 Å². The van der Waals surface area contributed by atoms with Crippen LogP contribution in [0.25, 0.3) is 5.69 Å². The lowest BCUT2D eigenvalue weighted by atomic mass is 10.0. The summed E-state index contributed by atoms with van der Waals surface area (Å²) in [5.74, 6) is -2.13. The molecule has 0 saturated carbocycles. The molecule has 0 aliphatic carbocycles. The first-order valence-electron chi connectivity index (χ1n) is 8.04. The minimum Gasteiger partial charge on any atom is -0.365 e. The van der Waals surface area contributed by atoms with Crippen LogP contribution < -0.4 is 5.73 Å². The average Bonchev–Trinajstić information content (AvgIpc) is 3.07. The van der Waals surface area contributed by atoms with Gasteiger partial charge < -0.3 is 5.73 Å². The number of rotatable bonds is 5. The minimum atomic E-state index is -4.71. The zero-order chi connectivity index (χ0) is 21.3. The Labute approximate surface area is 159 Å². The molecule has 0 spiro atoms. The van der Waals surface area contributed by atoms with Crippen LogP contribution in [0.2, 0.25) is 0 Å². The topological polar surface area (TPSA) is 73.8 Å². The molecule has 5 nitrogen and oxygen atoms in total. The highest BCUT2D eigenvalue weighted by atomic mass is 19.4. The van der Waals surface area contributed by atoms with E-state index in [-0.39, 0.29) is 23.4 Å². The van der Waals surface area contributed by atoms with Gasteiger partial charge in [-0.2, -0.15) is 18.3 Å². The molecule has 0 unspecified atom stereocenters. The second kappa shape index (κ2) is 7.57. The number of carbonyl (C=O) groups excluding carboxylic acids is 1. The fourth-order valence-electron chi connectivity index (χ4n) is 2.70. The molecule has 2 N–H and O–H groups in total. The second-order valence-electron chi connectivity index (χ2n) is 6.07. The number of nitrogens with two attached hydrogens (primary N) is 1. The molecule has 29 heavy (non-hydrogen) atoms. The number of primary amides is 1. The van der Waals surface area contributed by atoms with Crippen molar-refractivity contribution in [2.45, 2.75) is 19.0 Å². The Kier molecular flexibility index (Phi) is 5.31. The number of alkyl halides is 5. The molecule has 0 aliphatic heterocycles. The monoisotopic (exact) mass is 414 g/mol. The van der Waals surface area contributed by atoms with Crippen molar-refractivity contribution < 1.29 is 31.1 Å². The molecule has 1 aromatic carbocycles. The zero-order valence-corrected chi connectivity index (χ0v) is 14.4. The van der Waals surface area contributed by atoms with Crippen molar-refractivity contribution in [3.05, 3.63) is 76.6 Å². The number of hydrogen-bond acceptors (Lipinski definition) is 3. The van der Waals surface area contributed by atoms with Gasteiger partial charge in [0, 0.05) is 24.5 Å². The van der Waals surface area contributed by atoms with Crippen LogP contribution in [-0.2, 0) is 12.6 Å². The summed E-state index contributed by atoms with van der Waals surface area (Å²) in [4.78, 5) is 15.3. The minimum absolute atomic E-state index is 0.0218. The lowest BCUT2D eigenvalue weighted by Crippen LogP contribution is -2.12. The van der Waals surface area contributed by atoms with Gasteiger partial charge in [0.2, 0.25) is 0 Å². The first-order valence-corrected chi connectivity index (χ1v) is 8.04. The Bertz CT molecular complexity index is 1060. The van der Waals surface area contributed by atoms with E-state index in [0.29, 0.717) is 6.07 Å². The van der Waals surface area contributed by atoms with Crippen molar-refractivity contribution in [3.8, 4) is 5.69 Å². The molecule has 3 rings (SSSR count). The van der Waals surface area contributed by atoms with Crippen LogP contribution in [-0.4, -0.2) is 20.7 Å². The SMILES string of the molecule is NC(=O)c1cn(-c2ccnc(Cc3cc(F)cc(C(F)(F)F)c3)c2)nc1C(F)F. The fraction of sp³-hybridized carbons (Fsp3) is 0.167. The van der Waals surface area contributed by atoms with Gasteiger partial charge in [0.15, 0.2) is 0 Å². The summed E-state index contributed by atoms with van der Waals surface area (Å²) in [6, 6.07) is 4.88. The highest BCUT2D eigenvalue weighted by Crippen LogP contribution is 2.31. The number of amides is 1. The molecular formula is C18H12F6N4O. The van der Waals surface area contributed by atoms with Crippen molar-refractivity contribution in [2.75, 3.05) is 0 Å². The van der Waals surface area contributed by atoms with E-state index < -0.39 is 41.1 Å². The summed E-state index contributed by atoms with van der Waals surface area (Å²) in [5.41, 5.74) is 3.16. The Hall–Kier alpha value is -3.37. The maximum Gasteiger partial charge on any atom is 0.416 e. The number of nitrogens with zero attached hydrogens (tertiary/aromatic N) is 3. The Morgan fingerprint density at radius 2 is 1.90 bits per heavy atom. The van der Waals surface area contributed by atoms with E-state index in [2.05, 4.69) is 10.1 Å². The fourth-order valence-corrected chi connectivity index (χ4v) is 2.70. The van der Waals surface area contributed by atoms with E-state index in [0.717, 1.165) is 23.0 Å². The second-order valence-corrected chi connectivity index (χ2v) is 6.07. The molecule has 0 bridgehead atoms. The third-order valence-corrected chi connectivity index (χ3v) is 3.95. The summed E-state index contributed by atoms with van der Waals surface area (Å²) in [6.45, 7) is 0. The molecule has 1 amide bonds. The lowest BCUT2D eigenvalue weighted by Gasteiger charge is -2.10. The molecule has 152 valence electrons. The number of hydrogen-bond donors (Lipinski definition) is 1. The molecule has 0 radical (unpaired) electrons. The Morgan fingerprint density at radius 3 is 2.48 bits per heavy atom. The predicted molar refractivity (Wildman–Crippen MR) is 89.0 cm³/mol. The quantitative estimate of drug-likeness (QED) is 0.640. The normalized spacial score (nSPS) is 11.8. The first kappa shape index (κ1) is 20.4. The van der Waals surface area contributed by atoms with Crippen molar-refractivity contribution in [2.24, 2.45) is 5.73 Å². The molecular weight excluding hydrogens is 402 g/mol. The van der Waals surface area contributed by atoms with Crippen molar-refractivity contribution in [3.63, 3.8) is 0 Å². The molecule has 2 heterocycles. The van der Waals surface area contributed by atoms with Crippen LogP contribution in [0.15, 0.2) is 42.7 Å². The van der Waals surface area contributed by atoms with E-state index in [1.165, 1.54) is 18.3 Å². The highest BCUT2D eigenvalue weighted by Gasteiger charge is 2.31. The standard InChI is InChI=1S/C18H12F6N4O/c19-11-4-9(3-10(6-11)18(22,23)24)5-12-7-13(1-2-26-12)28-8-14(17(25)29)15(27-28)16(20)21/h1-4,6-8,16H,5H2,(H2,25,29). The van der Waals surface area contributed by atoms with Gasteiger partial charge >= 0.3 is 6.18 Å². The largest absolute Gasteiger partial charge is 0.416 e. The van der Waals surface area contributed by atoms with E-state index in [1.54, 1.807) is 0 Å². The summed E-state index contributed by atoms with van der Waals surface area (Å²) in [5, 5.41) is 3.64. The first-order chi connectivity index (χ1) is 13.5. The number of aromatic nitrogens is 3. The lowest BCUT2D eigenvalue weighted by molar-refractivity contribution is -0.137. The van der Waals surface area contributed by atoms with Crippen LogP contribution in [0, 0.1) is 5.82 Å². The summed E-state index contributed by atoms with van der Waals surface area (Å²) in [6.07, 6.45) is -5.60. The molecule has 0 aliphatic rings. The van der Waals surface area contributed by atoms with Gasteiger partial charge in [0.25, 0.3) is 12.3 Å². The number of pyridine rings is 1. The van der Waals surface area contributed by atoms with E-state index in [4.69, 9.17) is 5.73 Å². The molecule has 0 saturated heterocycles. The molecule has 0 fully saturated rings. The van der Waals surface area contributed by atoms with Crippen LogP contribution in [0.4, 0.5) is 26.3 Å². The van der Waals surface area contributed by atoms with E-state index >= 15 is 0 Å². The van der Waals surface area contributed by atoms with Crippen LogP contribution >= 0.6 is 0 Å². The number of carbonyl (C=O) groups is 1. The van der Waals surface area contributed by atoms with Crippen molar-refractivity contribution in [1.82, 2.24) is 14.8 Å². The van der Waals surface area contributed by atoms with E-state index in [9.17, 15) is 31.1 Å². The van der Waals surface area contributed by atoms with Gasteiger partial charge in [-0.25, -0.2) is 17.9 Å². The Balaban J connectivity index is 1.95. The zero-order valence-electron chi connectivity index (χ0n) is 14.4. The van der Waals surface area contributed by atoms with Gasteiger partial charge in [-0.15, -0.1) is 0 Å². The molecule has 11 heteroatoms. The van der Waals surface area contributed by atoms with Gasteiger partial charge in [-0.1, -0.05) is 0 Å². The molecule has 0 atom stereocenters. The van der Waals surface area contributed by atoms with E-state index in [1.807, 2.05) is 0 Å². The van der Waals surface area contributed by atoms with Crippen molar-refractivity contribution in [1.29, 1.82) is 0 Å². The highest BCUT2D eigenvalue weighted by molar-refractivity contribution is 5.93. The molecule has 3 aromatic rings.